The highest BCUT2D eigenvalue weighted by atomic mass is 16.5. The van der Waals surface area contributed by atoms with Gasteiger partial charge in [-0.25, -0.2) is 0 Å². The molecule has 3 atom stereocenters. The summed E-state index contributed by atoms with van der Waals surface area (Å²) in [7, 11) is 0. The van der Waals surface area contributed by atoms with Crippen LogP contribution in [0.4, 0.5) is 0 Å². The van der Waals surface area contributed by atoms with E-state index in [2.05, 4.69) is 0 Å². The lowest BCUT2D eigenvalue weighted by atomic mass is 9.77. The molecule has 0 bridgehead atoms. The highest BCUT2D eigenvalue weighted by Crippen LogP contribution is 2.43. The fraction of sp³-hybridized carbons (Fsp3) is 0.692. The van der Waals surface area contributed by atoms with Crippen molar-refractivity contribution in [3.8, 4) is 0 Å². The third-order valence-corrected chi connectivity index (χ3v) is 3.63. The lowest BCUT2D eigenvalue weighted by Crippen LogP contribution is -2.40. The third kappa shape index (κ3) is 2.27. The number of ether oxygens (including phenoxy) is 2. The SMILES string of the molecule is CCOC(=O)C1C(=O)C(=O)C(C)(C(=O)OCC)C1C. The summed E-state index contributed by atoms with van der Waals surface area (Å²) in [6.45, 7) is 6.28. The molecule has 0 aromatic rings. The summed E-state index contributed by atoms with van der Waals surface area (Å²) in [4.78, 5) is 47.6. The van der Waals surface area contributed by atoms with Crippen molar-refractivity contribution in [2.45, 2.75) is 27.7 Å². The quantitative estimate of drug-likeness (QED) is 0.420. The largest absolute Gasteiger partial charge is 0.465 e. The number of ketones is 2. The molecule has 6 nitrogen and oxygen atoms in total. The standard InChI is InChI=1S/C13H18O6/c1-5-18-11(16)8-7(3)13(4,10(15)9(8)14)12(17)19-6-2/h7-8H,5-6H2,1-4H3. The van der Waals surface area contributed by atoms with Gasteiger partial charge in [-0.3, -0.25) is 19.2 Å². The van der Waals surface area contributed by atoms with Gasteiger partial charge in [0.2, 0.25) is 11.6 Å². The summed E-state index contributed by atoms with van der Waals surface area (Å²) in [6, 6.07) is 0. The van der Waals surface area contributed by atoms with E-state index >= 15 is 0 Å². The van der Waals surface area contributed by atoms with E-state index in [4.69, 9.17) is 9.47 Å². The monoisotopic (exact) mass is 270 g/mol. The molecule has 0 N–H and O–H groups in total. The third-order valence-electron chi connectivity index (χ3n) is 3.63. The van der Waals surface area contributed by atoms with Crippen LogP contribution in [-0.4, -0.2) is 36.7 Å². The van der Waals surface area contributed by atoms with Crippen molar-refractivity contribution >= 4 is 23.5 Å². The second-order valence-electron chi connectivity index (χ2n) is 4.63. The number of hydrogen-bond acceptors (Lipinski definition) is 6. The van der Waals surface area contributed by atoms with Crippen molar-refractivity contribution in [3.05, 3.63) is 0 Å². The van der Waals surface area contributed by atoms with Gasteiger partial charge in [-0.1, -0.05) is 6.92 Å². The van der Waals surface area contributed by atoms with E-state index in [-0.39, 0.29) is 13.2 Å². The van der Waals surface area contributed by atoms with Crippen LogP contribution in [0.15, 0.2) is 0 Å². The Morgan fingerprint density at radius 3 is 2.16 bits per heavy atom. The molecule has 1 rings (SSSR count). The molecule has 0 aromatic carbocycles. The highest BCUT2D eigenvalue weighted by molar-refractivity contribution is 6.48. The number of Topliss-reactive ketones (excluding diaryl/α,β-unsaturated/α-hetero) is 2. The van der Waals surface area contributed by atoms with Crippen molar-refractivity contribution in [1.29, 1.82) is 0 Å². The van der Waals surface area contributed by atoms with Crippen molar-refractivity contribution < 1.29 is 28.7 Å². The van der Waals surface area contributed by atoms with Gasteiger partial charge in [-0.05, 0) is 20.8 Å². The van der Waals surface area contributed by atoms with Crippen LogP contribution in [0.5, 0.6) is 0 Å². The zero-order chi connectivity index (χ0) is 14.8. The van der Waals surface area contributed by atoms with Crippen LogP contribution in [-0.2, 0) is 28.7 Å². The summed E-state index contributed by atoms with van der Waals surface area (Å²) in [5.41, 5.74) is -1.61. The van der Waals surface area contributed by atoms with Crippen molar-refractivity contribution in [2.24, 2.45) is 17.3 Å². The second-order valence-corrected chi connectivity index (χ2v) is 4.63. The Morgan fingerprint density at radius 2 is 1.68 bits per heavy atom. The van der Waals surface area contributed by atoms with E-state index < -0.39 is 40.8 Å². The Hall–Kier alpha value is -1.72. The summed E-state index contributed by atoms with van der Waals surface area (Å²) >= 11 is 0. The van der Waals surface area contributed by atoms with E-state index in [1.165, 1.54) is 13.8 Å². The second kappa shape index (κ2) is 5.50. The predicted octanol–water partition coefficient (Wildman–Crippen LogP) is 0.523. The van der Waals surface area contributed by atoms with Gasteiger partial charge >= 0.3 is 11.9 Å². The molecule has 0 spiro atoms. The molecule has 0 radical (unpaired) electrons. The molecule has 0 aliphatic heterocycles. The fourth-order valence-electron chi connectivity index (χ4n) is 2.27. The summed E-state index contributed by atoms with van der Waals surface area (Å²) in [6.07, 6.45) is 0. The molecule has 0 saturated heterocycles. The van der Waals surface area contributed by atoms with Gasteiger partial charge in [0.25, 0.3) is 0 Å². The number of carbonyl (C=O) groups excluding carboxylic acids is 4. The van der Waals surface area contributed by atoms with Crippen LogP contribution in [0.2, 0.25) is 0 Å². The minimum absolute atomic E-state index is 0.104. The number of esters is 2. The maximum Gasteiger partial charge on any atom is 0.320 e. The number of carbonyl (C=O) groups is 4. The molecule has 3 unspecified atom stereocenters. The molecule has 0 amide bonds. The van der Waals surface area contributed by atoms with Gasteiger partial charge in [0, 0.05) is 5.92 Å². The number of hydrogen-bond donors (Lipinski definition) is 0. The van der Waals surface area contributed by atoms with E-state index in [9.17, 15) is 19.2 Å². The van der Waals surface area contributed by atoms with Crippen molar-refractivity contribution in [3.63, 3.8) is 0 Å². The summed E-state index contributed by atoms with van der Waals surface area (Å²) in [5.74, 6) is -5.28. The molecule has 1 saturated carbocycles. The average Bonchev–Trinajstić information content (AvgIpc) is 2.53. The first-order chi connectivity index (χ1) is 8.82. The Labute approximate surface area is 111 Å². The van der Waals surface area contributed by atoms with Gasteiger partial charge in [0.1, 0.15) is 11.3 Å². The Bertz CT molecular complexity index is 427. The molecule has 0 aromatic heterocycles. The van der Waals surface area contributed by atoms with E-state index in [0.29, 0.717) is 0 Å². The Balaban J connectivity index is 3.11. The van der Waals surface area contributed by atoms with Crippen molar-refractivity contribution in [1.82, 2.24) is 0 Å². The van der Waals surface area contributed by atoms with E-state index in [1.807, 2.05) is 0 Å². The molecule has 1 aliphatic rings. The molecule has 1 fully saturated rings. The van der Waals surface area contributed by atoms with Gasteiger partial charge in [0.05, 0.1) is 13.2 Å². The van der Waals surface area contributed by atoms with Crippen LogP contribution in [0.1, 0.15) is 27.7 Å². The predicted molar refractivity (Wildman–Crippen MR) is 64.0 cm³/mol. The zero-order valence-corrected chi connectivity index (χ0v) is 11.5. The number of rotatable bonds is 4. The first-order valence-electron chi connectivity index (χ1n) is 6.24. The fourth-order valence-corrected chi connectivity index (χ4v) is 2.27. The van der Waals surface area contributed by atoms with Gasteiger partial charge in [-0.15, -0.1) is 0 Å². The topological polar surface area (TPSA) is 86.7 Å². The normalized spacial score (nSPS) is 30.3. The van der Waals surface area contributed by atoms with Crippen LogP contribution in [0.25, 0.3) is 0 Å². The molecular weight excluding hydrogens is 252 g/mol. The maximum absolute atomic E-state index is 12.0. The van der Waals surface area contributed by atoms with Crippen LogP contribution in [0.3, 0.4) is 0 Å². The van der Waals surface area contributed by atoms with E-state index in [1.54, 1.807) is 13.8 Å². The minimum Gasteiger partial charge on any atom is -0.465 e. The molecule has 19 heavy (non-hydrogen) atoms. The molecule has 1 aliphatic carbocycles. The molecular formula is C13H18O6. The first kappa shape index (κ1) is 15.3. The van der Waals surface area contributed by atoms with Crippen LogP contribution >= 0.6 is 0 Å². The zero-order valence-electron chi connectivity index (χ0n) is 11.5. The summed E-state index contributed by atoms with van der Waals surface area (Å²) < 4.78 is 9.63. The van der Waals surface area contributed by atoms with Gasteiger partial charge < -0.3 is 9.47 Å². The van der Waals surface area contributed by atoms with Crippen LogP contribution < -0.4 is 0 Å². The lowest BCUT2D eigenvalue weighted by molar-refractivity contribution is -0.161. The van der Waals surface area contributed by atoms with Crippen molar-refractivity contribution in [2.75, 3.05) is 13.2 Å². The smallest absolute Gasteiger partial charge is 0.320 e. The molecule has 106 valence electrons. The average molecular weight is 270 g/mol. The first-order valence-corrected chi connectivity index (χ1v) is 6.24. The van der Waals surface area contributed by atoms with E-state index in [0.717, 1.165) is 0 Å². The maximum atomic E-state index is 12.0. The minimum atomic E-state index is -1.61. The Kier molecular flexibility index (Phi) is 4.44. The van der Waals surface area contributed by atoms with Gasteiger partial charge in [0.15, 0.2) is 0 Å². The molecule has 0 heterocycles. The summed E-state index contributed by atoms with van der Waals surface area (Å²) in [5, 5.41) is 0. The lowest BCUT2D eigenvalue weighted by Gasteiger charge is -2.25. The van der Waals surface area contributed by atoms with Crippen LogP contribution in [0, 0.1) is 17.3 Å². The Morgan fingerprint density at radius 1 is 1.16 bits per heavy atom. The molecule has 6 heteroatoms. The highest BCUT2D eigenvalue weighted by Gasteiger charge is 2.63. The van der Waals surface area contributed by atoms with Gasteiger partial charge in [-0.2, -0.15) is 0 Å².